The summed E-state index contributed by atoms with van der Waals surface area (Å²) in [4.78, 5) is 0. The van der Waals surface area contributed by atoms with Crippen LogP contribution in [0.2, 0.25) is 0 Å². The van der Waals surface area contributed by atoms with Crippen molar-refractivity contribution in [1.82, 2.24) is 0 Å². The molecule has 0 saturated heterocycles. The number of benzene rings is 6. The van der Waals surface area contributed by atoms with E-state index in [-0.39, 0.29) is 81.6 Å². The van der Waals surface area contributed by atoms with Gasteiger partial charge in [0.05, 0.1) is 0 Å². The summed E-state index contributed by atoms with van der Waals surface area (Å²) in [6.45, 7) is 17.4. The van der Waals surface area contributed by atoms with Crippen molar-refractivity contribution in [2.45, 2.75) is 67.2 Å². The molecule has 6 rings (SSSR count). The summed E-state index contributed by atoms with van der Waals surface area (Å²) in [6.07, 6.45) is 0. The van der Waals surface area contributed by atoms with Gasteiger partial charge in [0.1, 0.15) is 0 Å². The van der Waals surface area contributed by atoms with Crippen LogP contribution < -0.4 is 0 Å². The molecule has 0 fully saturated rings. The molecule has 0 aliphatic carbocycles. The third kappa shape index (κ3) is 13.9. The molecule has 0 aliphatic heterocycles. The van der Waals surface area contributed by atoms with Gasteiger partial charge >= 0.3 is 75.5 Å². The van der Waals surface area contributed by atoms with E-state index >= 15 is 0 Å². The number of hydrogen-bond acceptors (Lipinski definition) is 0. The zero-order valence-corrected chi connectivity index (χ0v) is 33.1. The number of fused-ring (bicyclic) bond motifs is 2. The molecule has 0 radical (unpaired) electrons. The topological polar surface area (TPSA) is 33.5 Å². The third-order valence-electron chi connectivity index (χ3n) is 7.46. The Balaban J connectivity index is 0.000000567. The van der Waals surface area contributed by atoms with Crippen LogP contribution in [0.3, 0.4) is 0 Å². The molecule has 0 unspecified atom stereocenters. The van der Waals surface area contributed by atoms with E-state index in [9.17, 15) is 0 Å². The van der Waals surface area contributed by atoms with Crippen LogP contribution in [0, 0.1) is 39.8 Å². The van der Waals surface area contributed by atoms with Gasteiger partial charge < -0.3 is 6.15 Å². The van der Waals surface area contributed by atoms with E-state index in [1.165, 1.54) is 54.9 Å². The SMILES string of the molecule is CC(C)c1cc[c-]cc1.CC(C)c1cc[c-]cc1.Cc1cccc2cccc(C)c12.Cc1cccc2cccc(C)c12.[Ca+2].[Ca+2].[NH2-]. The predicted octanol–water partition coefficient (Wildman–Crippen LogP) is 12.1. The molecule has 3 heteroatoms. The minimum Gasteiger partial charge on any atom is -0.693 e. The van der Waals surface area contributed by atoms with Gasteiger partial charge in [-0.05, 0) is 83.3 Å². The predicted molar refractivity (Wildman–Crippen MR) is 202 cm³/mol. The fraction of sp³-hybridized carbons (Fsp3) is 0.238. The van der Waals surface area contributed by atoms with Crippen LogP contribution in [-0.2, 0) is 0 Å². The molecule has 45 heavy (non-hydrogen) atoms. The van der Waals surface area contributed by atoms with Gasteiger partial charge in [-0.1, -0.05) is 100 Å². The minimum atomic E-state index is 0. The second-order valence-corrected chi connectivity index (χ2v) is 11.5. The first-order valence-electron chi connectivity index (χ1n) is 15.0. The van der Waals surface area contributed by atoms with E-state index < -0.39 is 0 Å². The summed E-state index contributed by atoms with van der Waals surface area (Å²) in [5.74, 6) is 1.28. The average Bonchev–Trinajstić information content (AvgIpc) is 2.99. The number of nitrogens with two attached hydrogens (primary N) is 1. The van der Waals surface area contributed by atoms with Crippen LogP contribution in [-0.4, -0.2) is 75.5 Å². The Labute approximate surface area is 333 Å². The van der Waals surface area contributed by atoms with Gasteiger partial charge in [0.2, 0.25) is 0 Å². The molecule has 0 heterocycles. The largest absolute Gasteiger partial charge is 2.00 e. The number of rotatable bonds is 2. The van der Waals surface area contributed by atoms with Gasteiger partial charge in [0.15, 0.2) is 0 Å². The van der Waals surface area contributed by atoms with Gasteiger partial charge in [-0.25, -0.2) is 0 Å². The maximum Gasteiger partial charge on any atom is 2.00 e. The van der Waals surface area contributed by atoms with Crippen molar-refractivity contribution >= 4 is 97.0 Å². The molecule has 6 aromatic carbocycles. The summed E-state index contributed by atoms with van der Waals surface area (Å²) in [7, 11) is 0. The monoisotopic (exact) mass is 646 g/mol. The molecule has 0 aromatic heterocycles. The Kier molecular flexibility index (Phi) is 21.9. The molecule has 0 amide bonds. The summed E-state index contributed by atoms with van der Waals surface area (Å²) >= 11 is 0. The van der Waals surface area contributed by atoms with Crippen LogP contribution in [0.4, 0.5) is 0 Å². The van der Waals surface area contributed by atoms with Gasteiger partial charge in [-0.15, -0.1) is 0 Å². The molecule has 0 spiro atoms. The zero-order chi connectivity index (χ0) is 30.5. The van der Waals surface area contributed by atoms with Crippen molar-refractivity contribution in [3.8, 4) is 0 Å². The Hall–Kier alpha value is -1.68. The smallest absolute Gasteiger partial charge is 0.693 e. The van der Waals surface area contributed by atoms with E-state index in [0.717, 1.165) is 0 Å². The van der Waals surface area contributed by atoms with E-state index in [2.05, 4.69) is 165 Å². The first kappa shape index (κ1) is 43.3. The number of hydrogen-bond donors (Lipinski definition) is 0. The first-order chi connectivity index (χ1) is 20.2. The van der Waals surface area contributed by atoms with Gasteiger partial charge in [-0.2, -0.15) is 71.8 Å². The van der Waals surface area contributed by atoms with Crippen LogP contribution in [0.1, 0.15) is 72.9 Å². The van der Waals surface area contributed by atoms with E-state index in [1.807, 2.05) is 24.3 Å². The average molecular weight is 647 g/mol. The van der Waals surface area contributed by atoms with Crippen molar-refractivity contribution < 1.29 is 0 Å². The summed E-state index contributed by atoms with van der Waals surface area (Å²) in [5.41, 5.74) is 8.23. The number of aryl methyl sites for hydroxylation is 4. The summed E-state index contributed by atoms with van der Waals surface area (Å²) < 4.78 is 0. The van der Waals surface area contributed by atoms with Crippen molar-refractivity contribution in [2.75, 3.05) is 0 Å². The van der Waals surface area contributed by atoms with Crippen LogP contribution in [0.5, 0.6) is 0 Å². The molecule has 1 nitrogen and oxygen atoms in total. The molecule has 0 saturated carbocycles. The Morgan fingerprint density at radius 3 is 0.822 bits per heavy atom. The van der Waals surface area contributed by atoms with E-state index in [0.29, 0.717) is 11.8 Å². The third-order valence-corrected chi connectivity index (χ3v) is 7.46. The fourth-order valence-corrected chi connectivity index (χ4v) is 5.06. The van der Waals surface area contributed by atoms with E-state index in [1.54, 1.807) is 0 Å². The molecular formula is C42H48Ca2N+. The standard InChI is InChI=1S/2C12H12.2C9H11.2Ca.H2N/c2*1-9-5-3-7-11-8-4-6-10(2)12(9)11;2*1-8(2)9-6-4-3-5-7-9;;;/h2*3-8H,1-2H3;2*4-8H,1-2H3;;;1H2/q;;2*-1;2*+2;-1. The normalized spacial score (nSPS) is 9.64. The van der Waals surface area contributed by atoms with Gasteiger partial charge in [0.25, 0.3) is 0 Å². The van der Waals surface area contributed by atoms with Crippen LogP contribution in [0.25, 0.3) is 27.7 Å². The van der Waals surface area contributed by atoms with E-state index in [4.69, 9.17) is 0 Å². The first-order valence-corrected chi connectivity index (χ1v) is 15.0. The maximum absolute atomic E-state index is 2.99. The maximum atomic E-state index is 2.99. The molecule has 224 valence electrons. The summed E-state index contributed by atoms with van der Waals surface area (Å²) in [5, 5.41) is 5.49. The Morgan fingerprint density at radius 2 is 0.644 bits per heavy atom. The quantitative estimate of drug-likeness (QED) is 0.132. The van der Waals surface area contributed by atoms with Crippen molar-refractivity contribution in [2.24, 2.45) is 0 Å². The van der Waals surface area contributed by atoms with Crippen LogP contribution >= 0.6 is 0 Å². The van der Waals surface area contributed by atoms with Gasteiger partial charge in [-0.3, -0.25) is 0 Å². The van der Waals surface area contributed by atoms with Crippen molar-refractivity contribution in [1.29, 1.82) is 0 Å². The van der Waals surface area contributed by atoms with Crippen LogP contribution in [0.15, 0.2) is 121 Å². The molecular weight excluding hydrogens is 599 g/mol. The molecule has 0 aliphatic rings. The second-order valence-electron chi connectivity index (χ2n) is 11.5. The fourth-order valence-electron chi connectivity index (χ4n) is 5.06. The van der Waals surface area contributed by atoms with Crippen molar-refractivity contribution in [3.63, 3.8) is 0 Å². The summed E-state index contributed by atoms with van der Waals surface area (Å²) in [6, 6.07) is 47.9. The zero-order valence-electron chi connectivity index (χ0n) is 28.7. The Morgan fingerprint density at radius 1 is 0.400 bits per heavy atom. The minimum absolute atomic E-state index is 0. The molecule has 0 bridgehead atoms. The molecule has 6 aromatic rings. The Bertz CT molecular complexity index is 1460. The van der Waals surface area contributed by atoms with Crippen molar-refractivity contribution in [3.05, 3.63) is 173 Å². The second kappa shape index (κ2) is 22.8. The van der Waals surface area contributed by atoms with Gasteiger partial charge in [0, 0.05) is 0 Å². The molecule has 0 atom stereocenters. The molecule has 2 N–H and O–H groups in total.